The number of hydrogen-bond donors (Lipinski definition) is 3. The molecule has 0 saturated carbocycles. The van der Waals surface area contributed by atoms with Gasteiger partial charge in [-0.3, -0.25) is 18.6 Å². The molecule has 2 atom stereocenters. The molecule has 9 nitrogen and oxygen atoms in total. The molecule has 0 aromatic rings. The van der Waals surface area contributed by atoms with Crippen molar-refractivity contribution >= 4 is 19.7 Å². The number of rotatable bonds is 36. The molecule has 0 rings (SSSR count). The number of hydrogen-bond acceptors (Lipinski definition) is 7. The van der Waals surface area contributed by atoms with E-state index in [2.05, 4.69) is 79.9 Å². The maximum Gasteiger partial charge on any atom is 0.472 e. The maximum atomic E-state index is 12.1. The number of allylic oxidation sites excluding steroid dienone is 12. The Morgan fingerprint density at radius 3 is 1.58 bits per heavy atom. The number of carbonyl (C=O) groups excluding carboxylic acids is 2. The minimum Gasteiger partial charge on any atom is -0.463 e. The highest BCUT2D eigenvalue weighted by molar-refractivity contribution is 7.47. The van der Waals surface area contributed by atoms with Gasteiger partial charge in [0.05, 0.1) is 13.2 Å². The van der Waals surface area contributed by atoms with Crippen LogP contribution in [-0.4, -0.2) is 54.3 Å². The topological polar surface area (TPSA) is 131 Å². The standard InChI is InChI=1S/C42H72NO8P/c1-3-5-7-9-11-13-15-17-18-19-20-21-22-23-24-26-28-30-32-34-41(45)43-36-37-50-52(47,48)51-39-40(44)38-49-42(46)35-33-31-29-27-25-16-14-12-10-8-6-4-2/h5,7,11,13,17-18,20-21,23-24,28,30,40,44H,3-4,6,8-10,12,14-16,19,22,25-27,29,31-39H2,1-2H3,(H,43,45)(H,47,48)/b7-5-,13-11-,18-17-,21-20-,24-23-,30-28-. The van der Waals surface area contributed by atoms with Crippen molar-refractivity contribution in [1.82, 2.24) is 5.32 Å². The summed E-state index contributed by atoms with van der Waals surface area (Å²) in [5.74, 6) is -0.608. The Kier molecular flexibility index (Phi) is 36.3. The summed E-state index contributed by atoms with van der Waals surface area (Å²) in [4.78, 5) is 33.8. The largest absolute Gasteiger partial charge is 0.472 e. The molecule has 52 heavy (non-hydrogen) atoms. The number of nitrogens with one attached hydrogen (secondary N) is 1. The Bertz CT molecular complexity index is 1080. The van der Waals surface area contributed by atoms with Gasteiger partial charge < -0.3 is 20.1 Å². The molecule has 0 bridgehead atoms. The number of amides is 1. The fraction of sp³-hybridized carbons (Fsp3) is 0.667. The third-order valence-electron chi connectivity index (χ3n) is 7.91. The highest BCUT2D eigenvalue weighted by atomic mass is 31.2. The van der Waals surface area contributed by atoms with E-state index in [-0.39, 0.29) is 32.1 Å². The molecule has 0 aromatic heterocycles. The molecule has 0 heterocycles. The summed E-state index contributed by atoms with van der Waals surface area (Å²) in [6.45, 7) is 3.32. The smallest absolute Gasteiger partial charge is 0.463 e. The van der Waals surface area contributed by atoms with E-state index < -0.39 is 26.5 Å². The van der Waals surface area contributed by atoms with Gasteiger partial charge in [-0.15, -0.1) is 0 Å². The molecule has 0 spiro atoms. The summed E-state index contributed by atoms with van der Waals surface area (Å²) in [5, 5.41) is 12.6. The monoisotopic (exact) mass is 749 g/mol. The summed E-state index contributed by atoms with van der Waals surface area (Å²) in [6.07, 6.45) is 45.6. The summed E-state index contributed by atoms with van der Waals surface area (Å²) < 4.78 is 26.7. The van der Waals surface area contributed by atoms with Gasteiger partial charge in [-0.1, -0.05) is 157 Å². The SMILES string of the molecule is CC/C=C\C/C=C\C/C=C\C/C=C\C/C=C\C/C=C\CCC(=O)NCCOP(=O)(O)OCC(O)COC(=O)CCCCCCCCCCCCCC. The summed E-state index contributed by atoms with van der Waals surface area (Å²) in [6, 6.07) is 0. The third kappa shape index (κ3) is 38.7. The molecular formula is C42H72NO8P. The number of carbonyl (C=O) groups is 2. The van der Waals surface area contributed by atoms with Crippen LogP contribution in [0.25, 0.3) is 0 Å². The summed E-state index contributed by atoms with van der Waals surface area (Å²) >= 11 is 0. The van der Waals surface area contributed by atoms with E-state index in [9.17, 15) is 24.2 Å². The van der Waals surface area contributed by atoms with Gasteiger partial charge in [-0.2, -0.15) is 0 Å². The molecule has 0 aliphatic rings. The molecule has 0 radical (unpaired) electrons. The van der Waals surface area contributed by atoms with Gasteiger partial charge in [0.25, 0.3) is 0 Å². The van der Waals surface area contributed by atoms with Crippen LogP contribution in [0.1, 0.15) is 149 Å². The van der Waals surface area contributed by atoms with Gasteiger partial charge in [0.2, 0.25) is 5.91 Å². The van der Waals surface area contributed by atoms with Gasteiger partial charge in [0, 0.05) is 19.4 Å². The van der Waals surface area contributed by atoms with Crippen molar-refractivity contribution in [2.45, 2.75) is 155 Å². The normalized spacial score (nSPS) is 14.2. The number of ether oxygens (including phenoxy) is 1. The molecule has 1 amide bonds. The van der Waals surface area contributed by atoms with Crippen LogP contribution in [0.4, 0.5) is 0 Å². The van der Waals surface area contributed by atoms with Crippen LogP contribution in [0.5, 0.6) is 0 Å². The average molecular weight is 750 g/mol. The van der Waals surface area contributed by atoms with Crippen LogP contribution in [-0.2, 0) is 27.9 Å². The second kappa shape index (κ2) is 38.2. The number of aliphatic hydroxyl groups is 1. The number of esters is 1. The molecule has 0 aromatic carbocycles. The second-order valence-corrected chi connectivity index (χ2v) is 14.3. The lowest BCUT2D eigenvalue weighted by molar-refractivity contribution is -0.147. The highest BCUT2D eigenvalue weighted by Crippen LogP contribution is 2.42. The molecule has 0 aliphatic carbocycles. The van der Waals surface area contributed by atoms with Gasteiger partial charge in [0.1, 0.15) is 12.7 Å². The van der Waals surface area contributed by atoms with E-state index in [0.29, 0.717) is 12.8 Å². The zero-order chi connectivity index (χ0) is 38.2. The minimum absolute atomic E-state index is 0.0375. The van der Waals surface area contributed by atoms with Crippen molar-refractivity contribution in [2.75, 3.05) is 26.4 Å². The first kappa shape index (κ1) is 49.5. The Labute approximate surface area is 316 Å². The molecule has 2 unspecified atom stereocenters. The van der Waals surface area contributed by atoms with Crippen LogP contribution >= 0.6 is 7.82 Å². The quantitative estimate of drug-likeness (QED) is 0.0250. The Balaban J connectivity index is 3.75. The zero-order valence-corrected chi connectivity index (χ0v) is 33.4. The Morgan fingerprint density at radius 2 is 1.08 bits per heavy atom. The van der Waals surface area contributed by atoms with Crippen LogP contribution in [0.3, 0.4) is 0 Å². The van der Waals surface area contributed by atoms with E-state index >= 15 is 0 Å². The third-order valence-corrected chi connectivity index (χ3v) is 8.90. The number of aliphatic hydroxyl groups excluding tert-OH is 1. The van der Waals surface area contributed by atoms with Crippen LogP contribution in [0.15, 0.2) is 72.9 Å². The maximum absolute atomic E-state index is 12.1. The first-order valence-corrected chi connectivity index (χ1v) is 21.4. The van der Waals surface area contributed by atoms with E-state index in [4.69, 9.17) is 13.8 Å². The van der Waals surface area contributed by atoms with Crippen LogP contribution in [0.2, 0.25) is 0 Å². The lowest BCUT2D eigenvalue weighted by atomic mass is 10.0. The second-order valence-electron chi connectivity index (χ2n) is 12.9. The summed E-state index contributed by atoms with van der Waals surface area (Å²) in [5.41, 5.74) is 0. The lowest BCUT2D eigenvalue weighted by Gasteiger charge is -2.15. The minimum atomic E-state index is -4.43. The van der Waals surface area contributed by atoms with Crippen molar-refractivity contribution in [3.63, 3.8) is 0 Å². The molecule has 0 fully saturated rings. The highest BCUT2D eigenvalue weighted by Gasteiger charge is 2.23. The first-order chi connectivity index (χ1) is 25.3. The first-order valence-electron chi connectivity index (χ1n) is 19.9. The van der Waals surface area contributed by atoms with Crippen molar-refractivity contribution in [2.24, 2.45) is 0 Å². The lowest BCUT2D eigenvalue weighted by Crippen LogP contribution is -2.27. The Morgan fingerprint density at radius 1 is 0.615 bits per heavy atom. The molecule has 0 saturated heterocycles. The van der Waals surface area contributed by atoms with Crippen LogP contribution in [0, 0.1) is 0 Å². The van der Waals surface area contributed by atoms with Crippen molar-refractivity contribution < 1.29 is 37.9 Å². The van der Waals surface area contributed by atoms with Crippen LogP contribution < -0.4 is 5.32 Å². The Hall–Kier alpha value is -2.55. The average Bonchev–Trinajstić information content (AvgIpc) is 3.13. The van der Waals surface area contributed by atoms with E-state index in [1.54, 1.807) is 0 Å². The molecule has 298 valence electrons. The van der Waals surface area contributed by atoms with Gasteiger partial charge in [0.15, 0.2) is 0 Å². The molecular weight excluding hydrogens is 677 g/mol. The van der Waals surface area contributed by atoms with Gasteiger partial charge in [-0.25, -0.2) is 4.57 Å². The van der Waals surface area contributed by atoms with Crippen molar-refractivity contribution in [3.8, 4) is 0 Å². The fourth-order valence-corrected chi connectivity index (χ4v) is 5.69. The molecule has 10 heteroatoms. The summed E-state index contributed by atoms with van der Waals surface area (Å²) in [7, 11) is -4.43. The van der Waals surface area contributed by atoms with Crippen molar-refractivity contribution in [3.05, 3.63) is 72.9 Å². The predicted molar refractivity (Wildman–Crippen MR) is 215 cm³/mol. The van der Waals surface area contributed by atoms with E-state index in [0.717, 1.165) is 57.8 Å². The zero-order valence-electron chi connectivity index (χ0n) is 32.5. The number of phosphoric acid groups is 1. The molecule has 0 aliphatic heterocycles. The van der Waals surface area contributed by atoms with E-state index in [1.807, 2.05) is 12.2 Å². The molecule has 3 N–H and O–H groups in total. The number of phosphoric ester groups is 1. The number of unbranched alkanes of at least 4 members (excludes halogenated alkanes) is 11. The van der Waals surface area contributed by atoms with E-state index in [1.165, 1.54) is 57.8 Å². The fourth-order valence-electron chi connectivity index (χ4n) is 4.93. The predicted octanol–water partition coefficient (Wildman–Crippen LogP) is 10.7. The van der Waals surface area contributed by atoms with Gasteiger partial charge in [-0.05, 0) is 51.4 Å². The van der Waals surface area contributed by atoms with Gasteiger partial charge >= 0.3 is 13.8 Å². The van der Waals surface area contributed by atoms with Crippen molar-refractivity contribution in [1.29, 1.82) is 0 Å².